The Hall–Kier alpha value is -0.830. The van der Waals surface area contributed by atoms with Crippen LogP contribution in [0.5, 0.6) is 0 Å². The van der Waals surface area contributed by atoms with Gasteiger partial charge in [-0.1, -0.05) is 12.2 Å². The minimum atomic E-state index is -0.294. The molecule has 0 saturated carbocycles. The second-order valence-electron chi connectivity index (χ2n) is 3.38. The van der Waals surface area contributed by atoms with Gasteiger partial charge in [0, 0.05) is 12.5 Å². The van der Waals surface area contributed by atoms with Crippen LogP contribution in [0.15, 0.2) is 12.2 Å². The molecule has 3 nitrogen and oxygen atoms in total. The molecule has 0 fully saturated rings. The molecule has 0 aromatic heterocycles. The number of allylic oxidation sites excluding steroid dienone is 2. The van der Waals surface area contributed by atoms with Crippen molar-refractivity contribution >= 4 is 5.91 Å². The zero-order valence-electron chi connectivity index (χ0n) is 7.20. The molecule has 1 rings (SSSR count). The lowest BCUT2D eigenvalue weighted by Gasteiger charge is -2.23. The molecule has 4 N–H and O–H groups in total. The Labute approximate surface area is 72.8 Å². The molecule has 1 amide bonds. The Morgan fingerprint density at radius 1 is 1.58 bits per heavy atom. The molecule has 1 aliphatic rings. The third kappa shape index (κ3) is 2.66. The van der Waals surface area contributed by atoms with Gasteiger partial charge in [0.25, 0.3) is 0 Å². The quantitative estimate of drug-likeness (QED) is 0.604. The van der Waals surface area contributed by atoms with E-state index < -0.39 is 0 Å². The molecular weight excluding hydrogens is 152 g/mol. The molecule has 0 aromatic rings. The average molecular weight is 168 g/mol. The molecule has 3 heteroatoms. The highest BCUT2D eigenvalue weighted by atomic mass is 16.1. The largest absolute Gasteiger partial charge is 0.370 e. The lowest BCUT2D eigenvalue weighted by atomic mass is 9.86. The van der Waals surface area contributed by atoms with E-state index in [0.717, 1.165) is 19.3 Å². The molecule has 2 unspecified atom stereocenters. The minimum absolute atomic E-state index is 0.0487. The fraction of sp³-hybridized carbons (Fsp3) is 0.667. The van der Waals surface area contributed by atoms with Crippen molar-refractivity contribution in [1.29, 1.82) is 0 Å². The van der Waals surface area contributed by atoms with Crippen molar-refractivity contribution in [1.82, 2.24) is 0 Å². The second kappa shape index (κ2) is 4.26. The van der Waals surface area contributed by atoms with Crippen molar-refractivity contribution in [3.8, 4) is 0 Å². The van der Waals surface area contributed by atoms with Gasteiger partial charge in [0.15, 0.2) is 0 Å². The fourth-order valence-electron chi connectivity index (χ4n) is 1.60. The summed E-state index contributed by atoms with van der Waals surface area (Å²) in [5.41, 5.74) is 10.9. The van der Waals surface area contributed by atoms with Crippen molar-refractivity contribution in [3.63, 3.8) is 0 Å². The van der Waals surface area contributed by atoms with Gasteiger partial charge in [-0.25, -0.2) is 0 Å². The maximum Gasteiger partial charge on any atom is 0.218 e. The maximum atomic E-state index is 10.6. The van der Waals surface area contributed by atoms with Gasteiger partial charge in [-0.3, -0.25) is 4.79 Å². The number of carbonyl (C=O) groups excluding carboxylic acids is 1. The average Bonchev–Trinajstić information content (AvgIpc) is 2.05. The van der Waals surface area contributed by atoms with Gasteiger partial charge in [0.1, 0.15) is 0 Å². The third-order valence-corrected chi connectivity index (χ3v) is 2.35. The molecular formula is C9H16N2O. The summed E-state index contributed by atoms with van der Waals surface area (Å²) in [5.74, 6) is 0.152. The molecule has 68 valence electrons. The second-order valence-corrected chi connectivity index (χ2v) is 3.38. The monoisotopic (exact) mass is 168 g/mol. The van der Waals surface area contributed by atoms with E-state index >= 15 is 0 Å². The first kappa shape index (κ1) is 9.26. The maximum absolute atomic E-state index is 10.6. The third-order valence-electron chi connectivity index (χ3n) is 2.35. The first-order valence-electron chi connectivity index (χ1n) is 4.39. The Bertz CT molecular complexity index is 189. The number of carbonyl (C=O) groups is 1. The molecule has 12 heavy (non-hydrogen) atoms. The van der Waals surface area contributed by atoms with E-state index in [1.54, 1.807) is 0 Å². The van der Waals surface area contributed by atoms with Crippen LogP contribution in [0.3, 0.4) is 0 Å². The SMILES string of the molecule is NC(=O)CC(N)C1CC=CCC1. The molecule has 0 aliphatic heterocycles. The predicted molar refractivity (Wildman–Crippen MR) is 48.3 cm³/mol. The van der Waals surface area contributed by atoms with Crippen molar-refractivity contribution in [2.45, 2.75) is 31.7 Å². The van der Waals surface area contributed by atoms with Crippen LogP contribution < -0.4 is 11.5 Å². The van der Waals surface area contributed by atoms with E-state index in [4.69, 9.17) is 11.5 Å². The zero-order chi connectivity index (χ0) is 8.97. The summed E-state index contributed by atoms with van der Waals surface area (Å²) in [5, 5.41) is 0. The summed E-state index contributed by atoms with van der Waals surface area (Å²) < 4.78 is 0. The highest BCUT2D eigenvalue weighted by Gasteiger charge is 2.19. The number of amides is 1. The molecule has 1 aliphatic carbocycles. The number of hydrogen-bond donors (Lipinski definition) is 2. The summed E-state index contributed by atoms with van der Waals surface area (Å²) in [6.45, 7) is 0. The summed E-state index contributed by atoms with van der Waals surface area (Å²) in [7, 11) is 0. The fourth-order valence-corrected chi connectivity index (χ4v) is 1.60. The van der Waals surface area contributed by atoms with Gasteiger partial charge in [-0.15, -0.1) is 0 Å². The van der Waals surface area contributed by atoms with Crippen LogP contribution in [0.2, 0.25) is 0 Å². The van der Waals surface area contributed by atoms with Gasteiger partial charge in [-0.2, -0.15) is 0 Å². The normalized spacial score (nSPS) is 25.2. The highest BCUT2D eigenvalue weighted by Crippen LogP contribution is 2.21. The molecule has 0 bridgehead atoms. The molecule has 0 spiro atoms. The topological polar surface area (TPSA) is 69.1 Å². The van der Waals surface area contributed by atoms with E-state index in [0.29, 0.717) is 12.3 Å². The zero-order valence-corrected chi connectivity index (χ0v) is 7.20. The van der Waals surface area contributed by atoms with Gasteiger partial charge in [0.05, 0.1) is 0 Å². The van der Waals surface area contributed by atoms with Gasteiger partial charge >= 0.3 is 0 Å². The van der Waals surface area contributed by atoms with Crippen molar-refractivity contribution < 1.29 is 4.79 Å². The first-order chi connectivity index (χ1) is 5.70. The standard InChI is InChI=1S/C9H16N2O/c10-8(6-9(11)12)7-4-2-1-3-5-7/h1-2,7-8H,3-6,10H2,(H2,11,12). The summed E-state index contributed by atoms with van der Waals surface area (Å²) in [6.07, 6.45) is 7.78. The molecule has 0 saturated heterocycles. The lowest BCUT2D eigenvalue weighted by Crippen LogP contribution is -2.35. The molecule has 0 radical (unpaired) electrons. The van der Waals surface area contributed by atoms with Crippen molar-refractivity contribution in [3.05, 3.63) is 12.2 Å². The van der Waals surface area contributed by atoms with Crippen LogP contribution in [0, 0.1) is 5.92 Å². The van der Waals surface area contributed by atoms with Crippen molar-refractivity contribution in [2.24, 2.45) is 17.4 Å². The summed E-state index contributed by atoms with van der Waals surface area (Å²) >= 11 is 0. The Morgan fingerprint density at radius 3 is 2.83 bits per heavy atom. The van der Waals surface area contributed by atoms with Gasteiger partial charge in [0.2, 0.25) is 5.91 Å². The van der Waals surface area contributed by atoms with Crippen LogP contribution in [-0.4, -0.2) is 11.9 Å². The summed E-state index contributed by atoms with van der Waals surface area (Å²) in [6, 6.07) is -0.0487. The number of primary amides is 1. The smallest absolute Gasteiger partial charge is 0.218 e. The predicted octanol–water partition coefficient (Wildman–Crippen LogP) is 0.545. The molecule has 0 heterocycles. The summed E-state index contributed by atoms with van der Waals surface area (Å²) in [4.78, 5) is 10.6. The van der Waals surface area contributed by atoms with E-state index in [1.165, 1.54) is 0 Å². The van der Waals surface area contributed by atoms with Gasteiger partial charge < -0.3 is 11.5 Å². The Kier molecular flexibility index (Phi) is 3.29. The van der Waals surface area contributed by atoms with Crippen LogP contribution in [0.4, 0.5) is 0 Å². The number of rotatable bonds is 3. The highest BCUT2D eigenvalue weighted by molar-refractivity contribution is 5.74. The van der Waals surface area contributed by atoms with Crippen molar-refractivity contribution in [2.75, 3.05) is 0 Å². The van der Waals surface area contributed by atoms with Crippen LogP contribution in [0.1, 0.15) is 25.7 Å². The number of hydrogen-bond acceptors (Lipinski definition) is 2. The van der Waals surface area contributed by atoms with Crippen LogP contribution in [-0.2, 0) is 4.79 Å². The minimum Gasteiger partial charge on any atom is -0.370 e. The van der Waals surface area contributed by atoms with Gasteiger partial charge in [-0.05, 0) is 25.2 Å². The van der Waals surface area contributed by atoms with E-state index in [1.807, 2.05) is 0 Å². The van der Waals surface area contributed by atoms with Crippen LogP contribution in [0.25, 0.3) is 0 Å². The molecule has 2 atom stereocenters. The number of nitrogens with two attached hydrogens (primary N) is 2. The lowest BCUT2D eigenvalue weighted by molar-refractivity contribution is -0.118. The molecule has 0 aromatic carbocycles. The van der Waals surface area contributed by atoms with E-state index in [-0.39, 0.29) is 11.9 Å². The van der Waals surface area contributed by atoms with E-state index in [9.17, 15) is 4.79 Å². The first-order valence-corrected chi connectivity index (χ1v) is 4.39. The Balaban J connectivity index is 2.35. The Morgan fingerprint density at radius 2 is 2.33 bits per heavy atom. The van der Waals surface area contributed by atoms with Crippen LogP contribution >= 0.6 is 0 Å². The van der Waals surface area contributed by atoms with E-state index in [2.05, 4.69) is 12.2 Å².